The van der Waals surface area contributed by atoms with E-state index in [2.05, 4.69) is 32.5 Å². The van der Waals surface area contributed by atoms with Gasteiger partial charge in [-0.25, -0.2) is 9.78 Å². The normalized spacial score (nSPS) is 17.8. The van der Waals surface area contributed by atoms with Crippen molar-refractivity contribution in [2.75, 3.05) is 6.54 Å². The molecule has 0 spiro atoms. The summed E-state index contributed by atoms with van der Waals surface area (Å²) in [5.74, 6) is 0.714. The van der Waals surface area contributed by atoms with E-state index in [0.717, 1.165) is 27.7 Å². The number of imidazole rings is 1. The lowest BCUT2D eigenvalue weighted by molar-refractivity contribution is 0.0231. The first kappa shape index (κ1) is 17.7. The molecule has 0 unspecified atom stereocenters. The minimum atomic E-state index is -0.530. The molecule has 1 aromatic heterocycles. The van der Waals surface area contributed by atoms with Gasteiger partial charge in [0.1, 0.15) is 17.5 Å². The Morgan fingerprint density at radius 2 is 2.04 bits per heavy atom. The molecule has 25 heavy (non-hydrogen) atoms. The number of hydrogen-bond acceptors (Lipinski definition) is 3. The molecule has 1 aromatic carbocycles. The monoisotopic (exact) mass is 403 g/mol. The van der Waals surface area contributed by atoms with Crippen molar-refractivity contribution in [2.45, 2.75) is 38.8 Å². The van der Waals surface area contributed by atoms with Crippen LogP contribution >= 0.6 is 15.9 Å². The topological polar surface area (TPSA) is 58.2 Å². The number of ether oxygens (including phenoxy) is 1. The number of hydrogen-bond donors (Lipinski definition) is 1. The number of likely N-dealkylation sites (tertiary alicyclic amines) is 1. The molecule has 2 aromatic rings. The first-order valence-corrected chi connectivity index (χ1v) is 9.02. The van der Waals surface area contributed by atoms with Crippen molar-refractivity contribution in [2.24, 2.45) is 0 Å². The lowest BCUT2D eigenvalue weighted by atomic mass is 10.1. The Hall–Kier alpha value is -2.08. The van der Waals surface area contributed by atoms with Crippen LogP contribution in [-0.4, -0.2) is 33.1 Å². The highest BCUT2D eigenvalue weighted by molar-refractivity contribution is 9.10. The van der Waals surface area contributed by atoms with Crippen LogP contribution in [0.3, 0.4) is 0 Å². The molecule has 2 heterocycles. The molecule has 1 atom stereocenters. The van der Waals surface area contributed by atoms with Gasteiger partial charge in [-0.3, -0.25) is 4.90 Å². The number of carbonyl (C=O) groups is 1. The van der Waals surface area contributed by atoms with Crippen molar-refractivity contribution in [3.8, 4) is 11.3 Å². The zero-order valence-corrected chi connectivity index (χ0v) is 16.3. The summed E-state index contributed by atoms with van der Waals surface area (Å²) < 4.78 is 6.55. The fraction of sp³-hybridized carbons (Fsp3) is 0.368. The second-order valence-corrected chi connectivity index (χ2v) is 8.09. The molecule has 0 saturated carbocycles. The largest absolute Gasteiger partial charge is 0.444 e. The van der Waals surface area contributed by atoms with Gasteiger partial charge in [-0.15, -0.1) is 0 Å². The average molecular weight is 404 g/mol. The third-order valence-corrected chi connectivity index (χ3v) is 4.54. The molecule has 0 radical (unpaired) electrons. The number of aromatic amines is 1. The van der Waals surface area contributed by atoms with Crippen LogP contribution in [0.1, 0.15) is 39.1 Å². The van der Waals surface area contributed by atoms with E-state index in [0.29, 0.717) is 12.4 Å². The maximum absolute atomic E-state index is 12.5. The zero-order chi connectivity index (χ0) is 18.2. The molecular formula is C19H22BrN3O2. The average Bonchev–Trinajstić information content (AvgIpc) is 3.12. The van der Waals surface area contributed by atoms with Gasteiger partial charge >= 0.3 is 6.09 Å². The van der Waals surface area contributed by atoms with Crippen molar-refractivity contribution in [1.82, 2.24) is 14.9 Å². The van der Waals surface area contributed by atoms with Gasteiger partial charge in [0, 0.05) is 11.0 Å². The van der Waals surface area contributed by atoms with Gasteiger partial charge < -0.3 is 9.72 Å². The zero-order valence-electron chi connectivity index (χ0n) is 14.7. The smallest absolute Gasteiger partial charge is 0.411 e. The molecule has 1 amide bonds. The van der Waals surface area contributed by atoms with Crippen LogP contribution in [0, 0.1) is 0 Å². The fourth-order valence-corrected chi connectivity index (χ4v) is 3.12. The molecule has 0 aliphatic carbocycles. The molecule has 6 heteroatoms. The molecule has 1 fully saturated rings. The summed E-state index contributed by atoms with van der Waals surface area (Å²) in [5.41, 5.74) is 2.38. The molecule has 1 N–H and O–H groups in total. The number of nitrogens with zero attached hydrogens (tertiary/aromatic N) is 2. The first-order chi connectivity index (χ1) is 11.7. The highest BCUT2D eigenvalue weighted by Gasteiger charge is 2.37. The maximum Gasteiger partial charge on any atom is 0.411 e. The lowest BCUT2D eigenvalue weighted by Crippen LogP contribution is -2.36. The van der Waals surface area contributed by atoms with Crippen LogP contribution in [-0.2, 0) is 4.74 Å². The van der Waals surface area contributed by atoms with Gasteiger partial charge in [0.05, 0.1) is 11.9 Å². The Morgan fingerprint density at radius 3 is 2.68 bits per heavy atom. The van der Waals surface area contributed by atoms with Crippen molar-refractivity contribution in [3.05, 3.63) is 52.9 Å². The Bertz CT molecular complexity index is 790. The Balaban J connectivity index is 1.85. The summed E-state index contributed by atoms with van der Waals surface area (Å²) in [4.78, 5) is 22.0. The minimum absolute atomic E-state index is 0.279. The SMILES string of the molecule is C=C1CCN(C(=O)OC(C)(C)C)[C@@H]1c1ncc(-c2ccc(Br)cc2)[nH]1. The van der Waals surface area contributed by atoms with Crippen molar-refractivity contribution >= 4 is 22.0 Å². The highest BCUT2D eigenvalue weighted by atomic mass is 79.9. The van der Waals surface area contributed by atoms with E-state index < -0.39 is 5.60 Å². The summed E-state index contributed by atoms with van der Waals surface area (Å²) >= 11 is 3.44. The number of nitrogens with one attached hydrogen (secondary N) is 1. The molecular weight excluding hydrogens is 382 g/mol. The number of amides is 1. The fourth-order valence-electron chi connectivity index (χ4n) is 2.86. The van der Waals surface area contributed by atoms with Crippen LogP contribution in [0.15, 0.2) is 47.1 Å². The van der Waals surface area contributed by atoms with Gasteiger partial charge in [0.15, 0.2) is 0 Å². The van der Waals surface area contributed by atoms with Gasteiger partial charge in [-0.1, -0.05) is 34.6 Å². The summed E-state index contributed by atoms with van der Waals surface area (Å²) in [6.07, 6.45) is 2.20. The van der Waals surface area contributed by atoms with E-state index in [-0.39, 0.29) is 12.1 Å². The Morgan fingerprint density at radius 1 is 1.36 bits per heavy atom. The highest BCUT2D eigenvalue weighted by Crippen LogP contribution is 2.36. The molecule has 5 nitrogen and oxygen atoms in total. The predicted octanol–water partition coefficient (Wildman–Crippen LogP) is 5.08. The summed E-state index contributed by atoms with van der Waals surface area (Å²) in [6, 6.07) is 7.71. The molecule has 1 saturated heterocycles. The van der Waals surface area contributed by atoms with Crippen LogP contribution in [0.5, 0.6) is 0 Å². The second kappa shape index (κ2) is 6.67. The van der Waals surface area contributed by atoms with Gasteiger partial charge in [0.2, 0.25) is 0 Å². The first-order valence-electron chi connectivity index (χ1n) is 8.23. The number of halogens is 1. The number of rotatable bonds is 2. The van der Waals surface area contributed by atoms with E-state index in [4.69, 9.17) is 4.74 Å². The number of H-pyrrole nitrogens is 1. The second-order valence-electron chi connectivity index (χ2n) is 7.17. The molecule has 1 aliphatic rings. The van der Waals surface area contributed by atoms with E-state index >= 15 is 0 Å². The molecule has 1 aliphatic heterocycles. The third-order valence-electron chi connectivity index (χ3n) is 4.01. The predicted molar refractivity (Wildman–Crippen MR) is 101 cm³/mol. The summed E-state index contributed by atoms with van der Waals surface area (Å²) in [5, 5.41) is 0. The number of carbonyl (C=O) groups excluding carboxylic acids is 1. The van der Waals surface area contributed by atoms with E-state index in [1.165, 1.54) is 0 Å². The molecule has 0 bridgehead atoms. The van der Waals surface area contributed by atoms with Crippen LogP contribution < -0.4 is 0 Å². The van der Waals surface area contributed by atoms with Gasteiger partial charge in [0.25, 0.3) is 0 Å². The van der Waals surface area contributed by atoms with Crippen molar-refractivity contribution < 1.29 is 9.53 Å². The van der Waals surface area contributed by atoms with Gasteiger partial charge in [-0.05, 0) is 50.5 Å². The van der Waals surface area contributed by atoms with Crippen molar-refractivity contribution in [3.63, 3.8) is 0 Å². The number of benzene rings is 1. The summed E-state index contributed by atoms with van der Waals surface area (Å²) in [7, 11) is 0. The van der Waals surface area contributed by atoms with Crippen LogP contribution in [0.25, 0.3) is 11.3 Å². The Kier molecular flexibility index (Phi) is 4.73. The molecule has 3 rings (SSSR count). The standard InChI is InChI=1S/C19H22BrN3O2/c1-12-9-10-23(18(24)25-19(2,3)4)16(12)17-21-11-15(22-17)13-5-7-14(20)8-6-13/h5-8,11,16H,1,9-10H2,2-4H3,(H,21,22)/t16-/m0/s1. The van der Waals surface area contributed by atoms with Gasteiger partial charge in [-0.2, -0.15) is 0 Å². The van der Waals surface area contributed by atoms with Crippen LogP contribution in [0.4, 0.5) is 4.79 Å². The minimum Gasteiger partial charge on any atom is -0.444 e. The maximum atomic E-state index is 12.5. The number of aromatic nitrogens is 2. The molecule has 132 valence electrons. The third kappa shape index (κ3) is 3.95. The van der Waals surface area contributed by atoms with Crippen molar-refractivity contribution in [1.29, 1.82) is 0 Å². The lowest BCUT2D eigenvalue weighted by Gasteiger charge is -2.27. The van der Waals surface area contributed by atoms with E-state index in [1.807, 2.05) is 45.0 Å². The van der Waals surface area contributed by atoms with E-state index in [1.54, 1.807) is 11.1 Å². The quantitative estimate of drug-likeness (QED) is 0.711. The van der Waals surface area contributed by atoms with Crippen LogP contribution in [0.2, 0.25) is 0 Å². The Labute approximate surface area is 156 Å². The summed E-state index contributed by atoms with van der Waals surface area (Å²) in [6.45, 7) is 10.3. The van der Waals surface area contributed by atoms with E-state index in [9.17, 15) is 4.79 Å².